The average molecular weight is 251 g/mol. The van der Waals surface area contributed by atoms with Crippen molar-refractivity contribution in [2.45, 2.75) is 19.9 Å². The Morgan fingerprint density at radius 2 is 2.28 bits per heavy atom. The van der Waals surface area contributed by atoms with Crippen LogP contribution in [0.4, 0.5) is 0 Å². The van der Waals surface area contributed by atoms with Crippen LogP contribution in [0.1, 0.15) is 18.9 Å². The minimum Gasteiger partial charge on any atom is -0.382 e. The van der Waals surface area contributed by atoms with Crippen LogP contribution in [0, 0.1) is 11.8 Å². The third-order valence-electron chi connectivity index (χ3n) is 2.23. The summed E-state index contributed by atoms with van der Waals surface area (Å²) in [6, 6.07) is 0. The third-order valence-corrected chi connectivity index (χ3v) is 2.23. The summed E-state index contributed by atoms with van der Waals surface area (Å²) in [5.41, 5.74) is 4.56. The SMILES string of the molecule is CCOCCCn1cc(C#CCN)c(=O)[nH]c1=O. The smallest absolute Gasteiger partial charge is 0.328 e. The van der Waals surface area contributed by atoms with Gasteiger partial charge in [0.1, 0.15) is 5.56 Å². The van der Waals surface area contributed by atoms with Crippen molar-refractivity contribution in [1.29, 1.82) is 0 Å². The maximum absolute atomic E-state index is 11.5. The number of H-pyrrole nitrogens is 1. The van der Waals surface area contributed by atoms with Crippen LogP contribution in [0.25, 0.3) is 0 Å². The van der Waals surface area contributed by atoms with Gasteiger partial charge in [0.15, 0.2) is 0 Å². The van der Waals surface area contributed by atoms with Crippen molar-refractivity contribution in [2.24, 2.45) is 5.73 Å². The maximum atomic E-state index is 11.5. The van der Waals surface area contributed by atoms with Crippen LogP contribution in [0.3, 0.4) is 0 Å². The normalized spacial score (nSPS) is 9.89. The summed E-state index contributed by atoms with van der Waals surface area (Å²) in [5, 5.41) is 0. The molecule has 0 aromatic carbocycles. The molecule has 0 aliphatic carbocycles. The molecular weight excluding hydrogens is 234 g/mol. The van der Waals surface area contributed by atoms with E-state index in [1.807, 2.05) is 6.92 Å². The minimum absolute atomic E-state index is 0.170. The number of aromatic amines is 1. The van der Waals surface area contributed by atoms with Crippen LogP contribution in [-0.2, 0) is 11.3 Å². The zero-order valence-corrected chi connectivity index (χ0v) is 10.4. The summed E-state index contributed by atoms with van der Waals surface area (Å²) < 4.78 is 6.60. The second kappa shape index (κ2) is 7.48. The number of aryl methyl sites for hydroxylation is 1. The molecule has 0 saturated heterocycles. The molecule has 18 heavy (non-hydrogen) atoms. The Bertz CT molecular complexity index is 548. The lowest BCUT2D eigenvalue weighted by Gasteiger charge is -2.05. The largest absolute Gasteiger partial charge is 0.382 e. The molecule has 0 fully saturated rings. The Kier molecular flexibility index (Phi) is 5.91. The van der Waals surface area contributed by atoms with Crippen molar-refractivity contribution in [3.63, 3.8) is 0 Å². The Morgan fingerprint density at radius 1 is 1.50 bits per heavy atom. The van der Waals surface area contributed by atoms with Crippen LogP contribution in [0.2, 0.25) is 0 Å². The highest BCUT2D eigenvalue weighted by molar-refractivity contribution is 5.29. The Hall–Kier alpha value is -1.84. The molecule has 6 nitrogen and oxygen atoms in total. The van der Waals surface area contributed by atoms with Crippen molar-refractivity contribution in [3.8, 4) is 11.8 Å². The standard InChI is InChI=1S/C12H17N3O3/c1-2-18-8-4-7-15-9-10(5-3-6-13)11(16)14-12(15)17/h9H,2,4,6-8,13H2,1H3,(H,14,16,17). The molecule has 0 unspecified atom stereocenters. The summed E-state index contributed by atoms with van der Waals surface area (Å²) in [6.07, 6.45) is 2.15. The van der Waals surface area contributed by atoms with Crippen LogP contribution >= 0.6 is 0 Å². The van der Waals surface area contributed by atoms with Gasteiger partial charge in [0.05, 0.1) is 6.54 Å². The van der Waals surface area contributed by atoms with E-state index in [0.717, 1.165) is 0 Å². The van der Waals surface area contributed by atoms with Gasteiger partial charge < -0.3 is 10.5 Å². The molecular formula is C12H17N3O3. The number of nitrogens with zero attached hydrogens (tertiary/aromatic N) is 1. The zero-order chi connectivity index (χ0) is 13.4. The van der Waals surface area contributed by atoms with Gasteiger partial charge >= 0.3 is 5.69 Å². The van der Waals surface area contributed by atoms with Crippen molar-refractivity contribution < 1.29 is 4.74 Å². The highest BCUT2D eigenvalue weighted by Crippen LogP contribution is 1.90. The van der Waals surface area contributed by atoms with E-state index >= 15 is 0 Å². The molecule has 0 spiro atoms. The van der Waals surface area contributed by atoms with Crippen molar-refractivity contribution in [1.82, 2.24) is 9.55 Å². The van der Waals surface area contributed by atoms with E-state index in [4.69, 9.17) is 10.5 Å². The third kappa shape index (κ3) is 4.20. The van der Waals surface area contributed by atoms with E-state index in [9.17, 15) is 9.59 Å². The zero-order valence-electron chi connectivity index (χ0n) is 10.4. The topological polar surface area (TPSA) is 90.1 Å². The number of rotatable bonds is 5. The second-order valence-electron chi connectivity index (χ2n) is 3.55. The first-order valence-corrected chi connectivity index (χ1v) is 5.79. The van der Waals surface area contributed by atoms with E-state index in [1.54, 1.807) is 0 Å². The van der Waals surface area contributed by atoms with Crippen molar-refractivity contribution in [2.75, 3.05) is 19.8 Å². The van der Waals surface area contributed by atoms with Crippen LogP contribution in [-0.4, -0.2) is 29.3 Å². The molecule has 1 aromatic rings. The minimum atomic E-state index is -0.484. The number of aromatic nitrogens is 2. The lowest BCUT2D eigenvalue weighted by molar-refractivity contribution is 0.141. The predicted molar refractivity (Wildman–Crippen MR) is 68.4 cm³/mol. The molecule has 1 rings (SSSR count). The number of hydrogen-bond donors (Lipinski definition) is 2. The first-order valence-electron chi connectivity index (χ1n) is 5.79. The number of hydrogen-bond acceptors (Lipinski definition) is 4. The monoisotopic (exact) mass is 251 g/mol. The van der Waals surface area contributed by atoms with Gasteiger partial charge in [-0.1, -0.05) is 11.8 Å². The van der Waals surface area contributed by atoms with Crippen LogP contribution in [0.15, 0.2) is 15.8 Å². The summed E-state index contributed by atoms with van der Waals surface area (Å²) in [7, 11) is 0. The highest BCUT2D eigenvalue weighted by Gasteiger charge is 2.02. The molecule has 0 radical (unpaired) electrons. The maximum Gasteiger partial charge on any atom is 0.328 e. The molecule has 0 aliphatic heterocycles. The first kappa shape index (κ1) is 14.2. The predicted octanol–water partition coefficient (Wildman–Crippen LogP) is -0.727. The van der Waals surface area contributed by atoms with Gasteiger partial charge in [-0.3, -0.25) is 14.3 Å². The Labute approximate surface area is 105 Å². The van der Waals surface area contributed by atoms with Crippen molar-refractivity contribution in [3.05, 3.63) is 32.6 Å². The molecule has 0 bridgehead atoms. The quantitative estimate of drug-likeness (QED) is 0.533. The Morgan fingerprint density at radius 3 is 2.94 bits per heavy atom. The molecule has 0 aliphatic rings. The lowest BCUT2D eigenvalue weighted by Crippen LogP contribution is -2.31. The summed E-state index contributed by atoms with van der Waals surface area (Å²) in [6.45, 7) is 3.78. The molecule has 98 valence electrons. The summed E-state index contributed by atoms with van der Waals surface area (Å²) in [5.74, 6) is 5.22. The number of nitrogens with two attached hydrogens (primary N) is 1. The van der Waals surface area contributed by atoms with Gasteiger partial charge in [-0.2, -0.15) is 0 Å². The van der Waals surface area contributed by atoms with Gasteiger partial charge in [-0.05, 0) is 13.3 Å². The molecule has 3 N–H and O–H groups in total. The highest BCUT2D eigenvalue weighted by atomic mass is 16.5. The molecule has 1 aromatic heterocycles. The number of ether oxygens (including phenoxy) is 1. The average Bonchev–Trinajstić information content (AvgIpc) is 2.35. The van der Waals surface area contributed by atoms with E-state index in [1.165, 1.54) is 10.8 Å². The summed E-state index contributed by atoms with van der Waals surface area (Å²) >= 11 is 0. The van der Waals surface area contributed by atoms with Crippen molar-refractivity contribution >= 4 is 0 Å². The fourth-order valence-corrected chi connectivity index (χ4v) is 1.39. The van der Waals surface area contributed by atoms with Gasteiger partial charge in [0.2, 0.25) is 0 Å². The Balaban J connectivity index is 2.85. The fourth-order valence-electron chi connectivity index (χ4n) is 1.39. The number of nitrogens with one attached hydrogen (secondary N) is 1. The van der Waals surface area contributed by atoms with Gasteiger partial charge in [0.25, 0.3) is 5.56 Å². The van der Waals surface area contributed by atoms with Gasteiger partial charge in [0, 0.05) is 26.0 Å². The molecule has 1 heterocycles. The van der Waals surface area contributed by atoms with Gasteiger partial charge in [-0.25, -0.2) is 4.79 Å². The molecule has 6 heteroatoms. The van der Waals surface area contributed by atoms with E-state index in [0.29, 0.717) is 26.2 Å². The van der Waals surface area contributed by atoms with E-state index in [2.05, 4.69) is 16.8 Å². The second-order valence-corrected chi connectivity index (χ2v) is 3.55. The molecule has 0 amide bonds. The molecule has 0 atom stereocenters. The lowest BCUT2D eigenvalue weighted by atomic mass is 10.3. The van der Waals surface area contributed by atoms with Crippen LogP contribution in [0.5, 0.6) is 0 Å². The van der Waals surface area contributed by atoms with Crippen LogP contribution < -0.4 is 17.0 Å². The molecule has 0 saturated carbocycles. The first-order chi connectivity index (χ1) is 8.69. The van der Waals surface area contributed by atoms with E-state index < -0.39 is 11.2 Å². The van der Waals surface area contributed by atoms with Gasteiger partial charge in [-0.15, -0.1) is 0 Å². The van der Waals surface area contributed by atoms with E-state index in [-0.39, 0.29) is 12.1 Å². The fraction of sp³-hybridized carbons (Fsp3) is 0.500. The summed E-state index contributed by atoms with van der Waals surface area (Å²) in [4.78, 5) is 25.2.